The van der Waals surface area contributed by atoms with Crippen LogP contribution in [-0.4, -0.2) is 40.9 Å². The molecule has 3 atom stereocenters. The first-order valence-corrected chi connectivity index (χ1v) is 8.66. The van der Waals surface area contributed by atoms with E-state index in [0.29, 0.717) is 23.7 Å². The Hall–Kier alpha value is -0.0900. The summed E-state index contributed by atoms with van der Waals surface area (Å²) >= 11 is 3.49. The fraction of sp³-hybridized carbons (Fsp3) is 0.933. The second-order valence-electron chi connectivity index (χ2n) is 7.01. The number of hydrogen-bond donors (Lipinski definition) is 0. The molecule has 3 fully saturated rings. The van der Waals surface area contributed by atoms with Crippen LogP contribution < -0.4 is 0 Å². The molecular weight excluding hydrogens is 306 g/mol. The molecule has 19 heavy (non-hydrogen) atoms. The highest BCUT2D eigenvalue weighted by molar-refractivity contribution is 9.09. The van der Waals surface area contributed by atoms with Gasteiger partial charge in [0.05, 0.1) is 11.7 Å². The first-order valence-electron chi connectivity index (χ1n) is 7.54. The van der Waals surface area contributed by atoms with Gasteiger partial charge in [0, 0.05) is 24.3 Å². The van der Waals surface area contributed by atoms with Crippen LogP contribution in [0.25, 0.3) is 0 Å². The molecule has 1 aliphatic heterocycles. The summed E-state index contributed by atoms with van der Waals surface area (Å²) in [6.07, 6.45) is 5.33. The average Bonchev–Trinajstić information content (AvgIpc) is 3.10. The number of morpholine rings is 1. The third-order valence-electron chi connectivity index (χ3n) is 4.91. The van der Waals surface area contributed by atoms with Crippen LogP contribution in [0.15, 0.2) is 0 Å². The van der Waals surface area contributed by atoms with Crippen molar-refractivity contribution in [1.82, 2.24) is 4.90 Å². The van der Waals surface area contributed by atoms with Crippen LogP contribution in [0.4, 0.5) is 0 Å². The molecule has 1 amide bonds. The summed E-state index contributed by atoms with van der Waals surface area (Å²) < 4.78 is 5.98. The summed E-state index contributed by atoms with van der Waals surface area (Å²) in [5, 5.41) is 0.803. The summed E-state index contributed by atoms with van der Waals surface area (Å²) in [5.74, 6) is 2.15. The number of rotatable bonds is 2. The Bertz CT molecular complexity index is 359. The lowest BCUT2D eigenvalue weighted by atomic mass is 10.0. The van der Waals surface area contributed by atoms with Crippen molar-refractivity contribution in [2.45, 2.75) is 51.2 Å². The van der Waals surface area contributed by atoms with Gasteiger partial charge in [0.1, 0.15) is 0 Å². The summed E-state index contributed by atoms with van der Waals surface area (Å²) in [6, 6.07) is 0. The van der Waals surface area contributed by atoms with Crippen LogP contribution in [0, 0.1) is 17.8 Å². The van der Waals surface area contributed by atoms with Gasteiger partial charge in [-0.3, -0.25) is 4.79 Å². The number of carbonyl (C=O) groups excluding carboxylic acids is 1. The lowest BCUT2D eigenvalue weighted by molar-refractivity contribution is -0.158. The first-order chi connectivity index (χ1) is 9.02. The fourth-order valence-electron chi connectivity index (χ4n) is 4.11. The summed E-state index contributed by atoms with van der Waals surface area (Å²) in [7, 11) is 0. The van der Waals surface area contributed by atoms with Crippen molar-refractivity contribution in [3.05, 3.63) is 0 Å². The van der Waals surface area contributed by atoms with E-state index in [1.807, 2.05) is 0 Å². The van der Waals surface area contributed by atoms with Crippen molar-refractivity contribution in [3.8, 4) is 0 Å². The zero-order valence-corrected chi connectivity index (χ0v) is 13.5. The second kappa shape index (κ2) is 5.03. The Labute approximate surface area is 124 Å². The summed E-state index contributed by atoms with van der Waals surface area (Å²) in [4.78, 5) is 14.8. The number of amides is 1. The predicted molar refractivity (Wildman–Crippen MR) is 78.3 cm³/mol. The minimum absolute atomic E-state index is 0.133. The van der Waals surface area contributed by atoms with Crippen LogP contribution in [0.2, 0.25) is 0 Å². The third-order valence-corrected chi connectivity index (χ3v) is 5.63. The zero-order chi connectivity index (χ0) is 13.6. The molecule has 0 aromatic heterocycles. The van der Waals surface area contributed by atoms with E-state index in [-0.39, 0.29) is 11.7 Å². The minimum Gasteiger partial charge on any atom is -0.368 e. The van der Waals surface area contributed by atoms with Crippen LogP contribution in [0.5, 0.6) is 0 Å². The van der Waals surface area contributed by atoms with Gasteiger partial charge in [0.25, 0.3) is 0 Å². The van der Waals surface area contributed by atoms with Gasteiger partial charge in [-0.2, -0.15) is 0 Å². The van der Waals surface area contributed by atoms with Crippen molar-refractivity contribution >= 4 is 21.8 Å². The van der Waals surface area contributed by atoms with E-state index >= 15 is 0 Å². The van der Waals surface area contributed by atoms with Crippen molar-refractivity contribution < 1.29 is 9.53 Å². The van der Waals surface area contributed by atoms with Gasteiger partial charge in [-0.15, -0.1) is 0 Å². The molecule has 0 bridgehead atoms. The zero-order valence-electron chi connectivity index (χ0n) is 11.9. The van der Waals surface area contributed by atoms with E-state index in [1.54, 1.807) is 0 Å². The molecule has 2 aliphatic carbocycles. The number of carbonyl (C=O) groups is 1. The standard InChI is InChI=1S/C15H24BrNO2/c1-15(2)9-17(8-10(7-16)19-15)14(18)13-11-5-3-4-6-12(11)13/h10-13H,3-9H2,1-2H3. The molecule has 0 spiro atoms. The Morgan fingerprint density at radius 2 is 1.95 bits per heavy atom. The van der Waals surface area contributed by atoms with E-state index in [1.165, 1.54) is 25.7 Å². The Morgan fingerprint density at radius 3 is 2.53 bits per heavy atom. The van der Waals surface area contributed by atoms with Gasteiger partial charge >= 0.3 is 0 Å². The number of ether oxygens (including phenoxy) is 1. The van der Waals surface area contributed by atoms with Crippen molar-refractivity contribution in [1.29, 1.82) is 0 Å². The molecule has 1 heterocycles. The largest absolute Gasteiger partial charge is 0.368 e. The minimum atomic E-state index is -0.216. The third kappa shape index (κ3) is 2.71. The van der Waals surface area contributed by atoms with E-state index in [0.717, 1.165) is 18.4 Å². The number of fused-ring (bicyclic) bond motifs is 1. The Kier molecular flexibility index (Phi) is 3.67. The molecule has 1 saturated heterocycles. The van der Waals surface area contributed by atoms with Crippen LogP contribution in [0.1, 0.15) is 39.5 Å². The lowest BCUT2D eigenvalue weighted by Crippen LogP contribution is -2.55. The number of hydrogen-bond acceptors (Lipinski definition) is 2. The molecule has 0 aromatic carbocycles. The smallest absolute Gasteiger partial charge is 0.226 e. The van der Waals surface area contributed by atoms with Gasteiger partial charge < -0.3 is 9.64 Å². The lowest BCUT2D eigenvalue weighted by Gasteiger charge is -2.42. The second-order valence-corrected chi connectivity index (χ2v) is 7.66. The van der Waals surface area contributed by atoms with Crippen LogP contribution in [0.3, 0.4) is 0 Å². The quantitative estimate of drug-likeness (QED) is 0.729. The predicted octanol–water partition coefficient (Wildman–Crippen LogP) is 2.82. The number of halogens is 1. The summed E-state index contributed by atoms with van der Waals surface area (Å²) in [5.41, 5.74) is -0.216. The molecule has 3 rings (SSSR count). The van der Waals surface area contributed by atoms with Gasteiger partial charge in [-0.05, 0) is 38.5 Å². The van der Waals surface area contributed by atoms with Crippen molar-refractivity contribution in [3.63, 3.8) is 0 Å². The van der Waals surface area contributed by atoms with Crippen LogP contribution >= 0.6 is 15.9 Å². The van der Waals surface area contributed by atoms with E-state index in [9.17, 15) is 4.79 Å². The molecule has 0 N–H and O–H groups in total. The van der Waals surface area contributed by atoms with Gasteiger partial charge in [0.2, 0.25) is 5.91 Å². The fourth-order valence-corrected chi connectivity index (χ4v) is 4.45. The molecule has 3 aliphatic rings. The molecule has 4 heteroatoms. The van der Waals surface area contributed by atoms with E-state index < -0.39 is 0 Å². The molecule has 2 saturated carbocycles. The molecular formula is C15H24BrNO2. The number of alkyl halides is 1. The first kappa shape index (κ1) is 13.9. The molecule has 108 valence electrons. The molecule has 0 radical (unpaired) electrons. The maximum atomic E-state index is 12.7. The Balaban J connectivity index is 1.66. The van der Waals surface area contributed by atoms with E-state index in [4.69, 9.17) is 4.74 Å². The SMILES string of the molecule is CC1(C)CN(C(=O)C2C3CCCCC32)CC(CBr)O1. The monoisotopic (exact) mass is 329 g/mol. The Morgan fingerprint density at radius 1 is 1.32 bits per heavy atom. The summed E-state index contributed by atoms with van der Waals surface area (Å²) in [6.45, 7) is 5.67. The maximum absolute atomic E-state index is 12.7. The normalized spacial score (nSPS) is 40.7. The highest BCUT2D eigenvalue weighted by Gasteiger charge is 2.56. The maximum Gasteiger partial charge on any atom is 0.226 e. The highest BCUT2D eigenvalue weighted by atomic mass is 79.9. The average molecular weight is 330 g/mol. The number of nitrogens with zero attached hydrogens (tertiary/aromatic N) is 1. The van der Waals surface area contributed by atoms with E-state index in [2.05, 4.69) is 34.7 Å². The highest BCUT2D eigenvalue weighted by Crippen LogP contribution is 2.56. The molecule has 0 aromatic rings. The van der Waals surface area contributed by atoms with Gasteiger partial charge in [-0.1, -0.05) is 28.8 Å². The molecule has 3 nitrogen and oxygen atoms in total. The van der Waals surface area contributed by atoms with Crippen molar-refractivity contribution in [2.75, 3.05) is 18.4 Å². The topological polar surface area (TPSA) is 29.5 Å². The van der Waals surface area contributed by atoms with Crippen molar-refractivity contribution in [2.24, 2.45) is 17.8 Å². The van der Waals surface area contributed by atoms with Crippen LogP contribution in [-0.2, 0) is 9.53 Å². The van der Waals surface area contributed by atoms with Gasteiger partial charge in [0.15, 0.2) is 0 Å². The molecule has 3 unspecified atom stereocenters. The van der Waals surface area contributed by atoms with Gasteiger partial charge in [-0.25, -0.2) is 0 Å².